The number of hydrogen-bond acceptors (Lipinski definition) is 5. The molecule has 0 saturated heterocycles. The molecule has 2 heterocycles. The number of aromatic hydroxyl groups is 1. The van der Waals surface area contributed by atoms with Crippen molar-refractivity contribution >= 4 is 22.4 Å². The van der Waals surface area contributed by atoms with Gasteiger partial charge in [0.05, 0.1) is 5.69 Å². The van der Waals surface area contributed by atoms with Gasteiger partial charge in [0.15, 0.2) is 5.13 Å². The van der Waals surface area contributed by atoms with Gasteiger partial charge < -0.3 is 15.0 Å². The Balaban J connectivity index is 1.99. The molecule has 6 nitrogen and oxygen atoms in total. The summed E-state index contributed by atoms with van der Waals surface area (Å²) in [7, 11) is 0. The minimum absolute atomic E-state index is 0.0635. The van der Waals surface area contributed by atoms with Crippen LogP contribution in [0, 0.1) is 13.8 Å². The topological polar surface area (TPSA) is 84.2 Å². The second kappa shape index (κ2) is 5.87. The zero-order chi connectivity index (χ0) is 14.7. The zero-order valence-electron chi connectivity index (χ0n) is 11.2. The van der Waals surface area contributed by atoms with Crippen LogP contribution in [0.4, 0.5) is 5.13 Å². The van der Waals surface area contributed by atoms with Gasteiger partial charge >= 0.3 is 0 Å². The normalized spacial score (nSPS) is 10.5. The smallest absolute Gasteiger partial charge is 0.254 e. The highest BCUT2D eigenvalue weighted by Gasteiger charge is 2.08. The van der Waals surface area contributed by atoms with E-state index >= 15 is 0 Å². The summed E-state index contributed by atoms with van der Waals surface area (Å²) in [5.41, 5.74) is 1.16. The van der Waals surface area contributed by atoms with E-state index in [0.29, 0.717) is 10.8 Å². The number of rotatable bonds is 4. The molecule has 0 bridgehead atoms. The number of thiazole rings is 1. The first kappa shape index (κ1) is 14.3. The van der Waals surface area contributed by atoms with E-state index in [1.807, 2.05) is 12.3 Å². The summed E-state index contributed by atoms with van der Waals surface area (Å²) in [6, 6.07) is 2.62. The molecule has 2 N–H and O–H groups in total. The molecule has 0 aliphatic carbocycles. The fraction of sp³-hybridized carbons (Fsp3) is 0.308. The molecule has 0 fully saturated rings. The molecule has 106 valence electrons. The highest BCUT2D eigenvalue weighted by molar-refractivity contribution is 7.13. The van der Waals surface area contributed by atoms with Crippen LogP contribution in [0.5, 0.6) is 5.75 Å². The van der Waals surface area contributed by atoms with Gasteiger partial charge in [0.1, 0.15) is 5.75 Å². The first-order chi connectivity index (χ1) is 9.45. The standard InChI is InChI=1S/C13H15N3O3S/c1-8-7-20-13(14-8)15-11(18)3-4-16-9(2)5-10(17)6-12(16)19/h5-7,17H,3-4H2,1-2H3,(H,14,15,18). The van der Waals surface area contributed by atoms with Crippen LogP contribution >= 0.6 is 11.3 Å². The monoisotopic (exact) mass is 293 g/mol. The minimum Gasteiger partial charge on any atom is -0.508 e. The summed E-state index contributed by atoms with van der Waals surface area (Å²) in [6.07, 6.45) is 0.171. The van der Waals surface area contributed by atoms with Crippen molar-refractivity contribution in [3.05, 3.63) is 39.3 Å². The third-order valence-corrected chi connectivity index (χ3v) is 3.62. The number of nitrogens with one attached hydrogen (secondary N) is 1. The van der Waals surface area contributed by atoms with Crippen molar-refractivity contribution in [1.82, 2.24) is 9.55 Å². The van der Waals surface area contributed by atoms with E-state index in [0.717, 1.165) is 11.8 Å². The lowest BCUT2D eigenvalue weighted by atomic mass is 10.3. The molecule has 2 rings (SSSR count). The number of hydrogen-bond donors (Lipinski definition) is 2. The van der Waals surface area contributed by atoms with Gasteiger partial charge in [0.2, 0.25) is 5.91 Å². The van der Waals surface area contributed by atoms with Crippen molar-refractivity contribution in [1.29, 1.82) is 0 Å². The van der Waals surface area contributed by atoms with Gasteiger partial charge in [-0.2, -0.15) is 0 Å². The van der Waals surface area contributed by atoms with E-state index < -0.39 is 0 Å². The van der Waals surface area contributed by atoms with Crippen LogP contribution in [-0.2, 0) is 11.3 Å². The van der Waals surface area contributed by atoms with E-state index in [1.165, 1.54) is 22.0 Å². The van der Waals surface area contributed by atoms with Gasteiger partial charge in [-0.25, -0.2) is 4.98 Å². The molecule has 0 radical (unpaired) electrons. The number of carbonyl (C=O) groups excluding carboxylic acids is 1. The van der Waals surface area contributed by atoms with Crippen LogP contribution in [0.15, 0.2) is 22.3 Å². The van der Waals surface area contributed by atoms with Gasteiger partial charge in [0.25, 0.3) is 5.56 Å². The lowest BCUT2D eigenvalue weighted by Crippen LogP contribution is -2.24. The quantitative estimate of drug-likeness (QED) is 0.898. The Morgan fingerprint density at radius 2 is 2.20 bits per heavy atom. The Morgan fingerprint density at radius 3 is 2.80 bits per heavy atom. The molecule has 7 heteroatoms. The predicted octanol–water partition coefficient (Wildman–Crippen LogP) is 1.66. The summed E-state index contributed by atoms with van der Waals surface area (Å²) in [4.78, 5) is 27.6. The van der Waals surface area contributed by atoms with Crippen molar-refractivity contribution < 1.29 is 9.90 Å². The van der Waals surface area contributed by atoms with Crippen LogP contribution in [0.25, 0.3) is 0 Å². The Morgan fingerprint density at radius 1 is 1.45 bits per heavy atom. The van der Waals surface area contributed by atoms with Gasteiger partial charge in [-0.3, -0.25) is 9.59 Å². The van der Waals surface area contributed by atoms with Crippen LogP contribution in [-0.4, -0.2) is 20.6 Å². The maximum absolute atomic E-state index is 11.8. The van der Waals surface area contributed by atoms with Crippen molar-refractivity contribution in [2.45, 2.75) is 26.8 Å². The first-order valence-electron chi connectivity index (χ1n) is 6.08. The SMILES string of the molecule is Cc1csc(NC(=O)CCn2c(C)cc(O)cc2=O)n1. The fourth-order valence-corrected chi connectivity index (χ4v) is 2.51. The molecule has 0 aliphatic heterocycles. The average molecular weight is 293 g/mol. The molecule has 0 aliphatic rings. The number of carbonyl (C=O) groups is 1. The van der Waals surface area contributed by atoms with Crippen molar-refractivity contribution in [2.24, 2.45) is 0 Å². The number of anilines is 1. The van der Waals surface area contributed by atoms with Crippen molar-refractivity contribution in [2.75, 3.05) is 5.32 Å². The summed E-state index contributed by atoms with van der Waals surface area (Å²) >= 11 is 1.36. The number of amides is 1. The molecular formula is C13H15N3O3S. The van der Waals surface area contributed by atoms with Gasteiger partial charge in [-0.05, 0) is 19.9 Å². The van der Waals surface area contributed by atoms with Crippen molar-refractivity contribution in [3.63, 3.8) is 0 Å². The zero-order valence-corrected chi connectivity index (χ0v) is 12.0. The van der Waals surface area contributed by atoms with E-state index in [2.05, 4.69) is 10.3 Å². The molecule has 0 atom stereocenters. The van der Waals surface area contributed by atoms with Crippen LogP contribution in [0.2, 0.25) is 0 Å². The van der Waals surface area contributed by atoms with Crippen LogP contribution in [0.3, 0.4) is 0 Å². The first-order valence-corrected chi connectivity index (χ1v) is 6.96. The lowest BCUT2D eigenvalue weighted by Gasteiger charge is -2.09. The molecule has 0 saturated carbocycles. The maximum atomic E-state index is 11.8. The van der Waals surface area contributed by atoms with Crippen molar-refractivity contribution in [3.8, 4) is 5.75 Å². The largest absolute Gasteiger partial charge is 0.508 e. The van der Waals surface area contributed by atoms with Gasteiger partial charge in [0, 0.05) is 30.1 Å². The summed E-state index contributed by atoms with van der Waals surface area (Å²) in [5, 5.41) is 14.4. The molecule has 0 aromatic carbocycles. The number of aryl methyl sites for hydroxylation is 2. The molecule has 2 aromatic rings. The Bertz CT molecular complexity index is 690. The third kappa shape index (κ3) is 3.45. The van der Waals surface area contributed by atoms with Crippen LogP contribution in [0.1, 0.15) is 17.8 Å². The van der Waals surface area contributed by atoms with E-state index in [9.17, 15) is 14.7 Å². The highest BCUT2D eigenvalue weighted by atomic mass is 32.1. The van der Waals surface area contributed by atoms with E-state index in [4.69, 9.17) is 0 Å². The molecule has 2 aromatic heterocycles. The summed E-state index contributed by atoms with van der Waals surface area (Å²) < 4.78 is 1.45. The number of pyridine rings is 1. The number of nitrogens with zero attached hydrogens (tertiary/aromatic N) is 2. The molecular weight excluding hydrogens is 278 g/mol. The molecule has 0 spiro atoms. The van der Waals surface area contributed by atoms with Crippen LogP contribution < -0.4 is 10.9 Å². The Labute approximate surface area is 119 Å². The summed E-state index contributed by atoms with van der Waals surface area (Å²) in [5.74, 6) is -0.259. The maximum Gasteiger partial charge on any atom is 0.254 e. The highest BCUT2D eigenvalue weighted by Crippen LogP contribution is 2.14. The minimum atomic E-state index is -0.319. The molecule has 20 heavy (non-hydrogen) atoms. The second-order valence-electron chi connectivity index (χ2n) is 4.44. The number of aromatic nitrogens is 2. The lowest BCUT2D eigenvalue weighted by molar-refractivity contribution is -0.116. The predicted molar refractivity (Wildman–Crippen MR) is 77.2 cm³/mol. The third-order valence-electron chi connectivity index (χ3n) is 2.75. The van der Waals surface area contributed by atoms with Gasteiger partial charge in [-0.1, -0.05) is 0 Å². The fourth-order valence-electron chi connectivity index (χ4n) is 1.80. The second-order valence-corrected chi connectivity index (χ2v) is 5.30. The Hall–Kier alpha value is -2.15. The molecule has 0 unspecified atom stereocenters. The average Bonchev–Trinajstić information content (AvgIpc) is 2.73. The van der Waals surface area contributed by atoms with E-state index in [-0.39, 0.29) is 30.2 Å². The van der Waals surface area contributed by atoms with E-state index in [1.54, 1.807) is 6.92 Å². The summed E-state index contributed by atoms with van der Waals surface area (Å²) in [6.45, 7) is 3.83. The molecule has 1 amide bonds. The Kier molecular flexibility index (Phi) is 4.19. The van der Waals surface area contributed by atoms with Gasteiger partial charge in [-0.15, -0.1) is 11.3 Å².